The molecule has 10 heterocycles. The molecule has 0 radical (unpaired) electrons. The number of benzene rings is 5. The quantitative estimate of drug-likeness (QED) is 0.122. The van der Waals surface area contributed by atoms with Crippen LogP contribution in [0, 0.1) is 0 Å². The molecule has 0 aliphatic carbocycles. The number of hydrogen-bond donors (Lipinski definition) is 0. The van der Waals surface area contributed by atoms with Gasteiger partial charge in [0.1, 0.15) is 0 Å². The van der Waals surface area contributed by atoms with Gasteiger partial charge in [0.25, 0.3) is 0 Å². The van der Waals surface area contributed by atoms with Gasteiger partial charge in [-0.2, -0.15) is 0 Å². The van der Waals surface area contributed by atoms with Gasteiger partial charge in [0.2, 0.25) is 0 Å². The van der Waals surface area contributed by atoms with E-state index in [0.29, 0.717) is 0 Å². The van der Waals surface area contributed by atoms with Crippen LogP contribution in [0.25, 0.3) is 0 Å². The second-order valence-corrected chi connectivity index (χ2v) is 47.2. The van der Waals surface area contributed by atoms with E-state index < -0.39 is 20.8 Å². The molecule has 10 saturated heterocycles. The van der Waals surface area contributed by atoms with Gasteiger partial charge in [0.05, 0.1) is 0 Å². The first-order valence-corrected chi connectivity index (χ1v) is 26.8. The normalized spacial score (nSPS) is 53.5. The fraction of sp³-hybridized carbons (Fsp3) is 0.268. The van der Waals surface area contributed by atoms with Crippen LogP contribution in [0.5, 0.6) is 0 Å². The van der Waals surface area contributed by atoms with Crippen molar-refractivity contribution < 1.29 is 15.6 Å². The molecule has 10 aliphatic rings. The Kier molecular flexibility index (Phi) is 2.04. The molecule has 4 unspecified atom stereocenters. The summed E-state index contributed by atoms with van der Waals surface area (Å²) in [6.45, 7) is -4.26. The molecule has 0 saturated carbocycles. The van der Waals surface area contributed by atoms with Crippen LogP contribution in [0.15, 0.2) is 146 Å². The Labute approximate surface area is 259 Å². The minimum atomic E-state index is -4.26. The van der Waals surface area contributed by atoms with E-state index in [-0.39, 0.29) is 8.63 Å². The summed E-state index contributed by atoms with van der Waals surface area (Å²) >= 11 is 0. The summed E-state index contributed by atoms with van der Waals surface area (Å²) in [5.41, 5.74) is 1.47. The van der Waals surface area contributed by atoms with E-state index in [0.717, 1.165) is 71.2 Å². The van der Waals surface area contributed by atoms with Crippen molar-refractivity contribution in [3.8, 4) is 0 Å². The van der Waals surface area contributed by atoms with Crippen LogP contribution >= 0.6 is 14.3 Å². The summed E-state index contributed by atoms with van der Waals surface area (Å²) in [7, 11) is -6.07. The third kappa shape index (κ3) is 0.691. The molecular weight excluding hydrogens is 642 g/mol. The fourth-order valence-electron chi connectivity index (χ4n) is 23.0. The predicted molar refractivity (Wildman–Crippen MR) is 185 cm³/mol. The first-order chi connectivity index (χ1) is 22.3. The van der Waals surface area contributed by atoms with E-state index in [2.05, 4.69) is 133 Å². The molecule has 46 heavy (non-hydrogen) atoms. The van der Waals surface area contributed by atoms with Gasteiger partial charge in [0.15, 0.2) is 0 Å². The summed E-state index contributed by atoms with van der Waals surface area (Å²) < 4.78 is 32.7. The van der Waals surface area contributed by atoms with Crippen LogP contribution in [0.4, 0.5) is 0 Å². The van der Waals surface area contributed by atoms with Gasteiger partial charge in [-0.15, -0.1) is 0 Å². The van der Waals surface area contributed by atoms with E-state index in [9.17, 15) is 0 Å². The van der Waals surface area contributed by atoms with Crippen molar-refractivity contribution >= 4 is 40.8 Å². The van der Waals surface area contributed by atoms with Gasteiger partial charge < -0.3 is 0 Å². The molecule has 0 bridgehead atoms. The van der Waals surface area contributed by atoms with Crippen LogP contribution in [0.3, 0.4) is 0 Å². The summed E-state index contributed by atoms with van der Waals surface area (Å²) in [4.78, 5) is 7.94. The van der Waals surface area contributed by atoms with Gasteiger partial charge in [-0.05, 0) is 0 Å². The molecule has 5 aromatic rings. The Hall–Kier alpha value is -2.92. The van der Waals surface area contributed by atoms with E-state index in [1.54, 1.807) is 0 Å². The van der Waals surface area contributed by atoms with Crippen LogP contribution in [0.1, 0.15) is 5.56 Å². The molecule has 0 aromatic heterocycles. The van der Waals surface area contributed by atoms with Crippen molar-refractivity contribution in [2.45, 2.75) is 47.2 Å². The van der Waals surface area contributed by atoms with Crippen molar-refractivity contribution in [3.63, 3.8) is 0 Å². The van der Waals surface area contributed by atoms with E-state index >= 15 is 9.13 Å². The first kappa shape index (κ1) is 23.4. The number of fused-ring (bicyclic) bond motifs is 10. The second-order valence-electron chi connectivity index (χ2n) is 18.3. The van der Waals surface area contributed by atoms with Crippen molar-refractivity contribution in [3.05, 3.63) is 151 Å². The van der Waals surface area contributed by atoms with Gasteiger partial charge in [-0.1, -0.05) is 0 Å². The third-order valence-corrected chi connectivity index (χ3v) is 71.8. The fourth-order valence-corrected chi connectivity index (χ4v) is 109. The molecular formula is C41H34FeO2P2. The van der Waals surface area contributed by atoms with Gasteiger partial charge in [0, 0.05) is 0 Å². The first-order valence-electron chi connectivity index (χ1n) is 17.0. The molecule has 0 amide bonds. The maximum absolute atomic E-state index is 16.2. The minimum absolute atomic E-state index is 0.209. The average Bonchev–Trinajstić information content (AvgIpc) is 4.08. The van der Waals surface area contributed by atoms with E-state index in [1.165, 1.54) is 5.56 Å². The Morgan fingerprint density at radius 1 is 0.478 bits per heavy atom. The summed E-state index contributed by atoms with van der Waals surface area (Å²) in [6.07, 6.45) is 0.867. The number of rotatable bonds is 8. The molecule has 2 nitrogen and oxygen atoms in total. The van der Waals surface area contributed by atoms with Gasteiger partial charge >= 0.3 is 261 Å². The van der Waals surface area contributed by atoms with E-state index in [1.807, 2.05) is 12.1 Å². The monoisotopic (exact) mass is 676 g/mol. The van der Waals surface area contributed by atoms with Gasteiger partial charge in [-0.3, -0.25) is 0 Å². The predicted octanol–water partition coefficient (Wildman–Crippen LogP) is 8.51. The van der Waals surface area contributed by atoms with Crippen LogP contribution in [-0.2, 0) is 20.0 Å². The zero-order valence-electron chi connectivity index (χ0n) is 25.2. The molecule has 10 fully saturated rings. The molecule has 10 aliphatic heterocycles. The Morgan fingerprint density at radius 3 is 1.33 bits per heavy atom. The molecule has 228 valence electrons. The zero-order valence-corrected chi connectivity index (χ0v) is 28.1. The third-order valence-electron chi connectivity index (χ3n) is 21.9. The molecule has 1 spiro atoms. The standard InChI is InChI=1S/C36H29O2P2.C5H5.Fe/c37-39(30-17-5-1-6-18-30,31-19-7-2-8-20-31)28-29-16-15-26-34(29)35-25-13-14-27-36(35)40(38,32-21-9-3-10-22-32)33-23-11-4-12-24-33;1-2-4-5-3-1;/h1-27H,28H2;1-5H;. The molecule has 15 rings (SSSR count). The Morgan fingerprint density at radius 2 is 0.891 bits per heavy atom. The summed E-state index contributed by atoms with van der Waals surface area (Å²) in [5.74, 6) is 0. The molecule has 5 heteroatoms. The summed E-state index contributed by atoms with van der Waals surface area (Å²) in [5, 5.41) is 5.07. The van der Waals surface area contributed by atoms with Crippen molar-refractivity contribution in [2.24, 2.45) is 0 Å². The molecule has 0 N–H and O–H groups in total. The SMILES string of the molecule is O=P(C[C@@]12[CH]3[CH]4[CH]5[C]1(c1ccccc1P(=O)(c1ccccc1)c1ccccc1)[Fe]45321678[CH]2[CH]1[CH]6[CH]7[CH]28)(c1ccccc1)c1ccccc1. The van der Waals surface area contributed by atoms with Gasteiger partial charge in [-0.25, -0.2) is 0 Å². The maximum atomic E-state index is 16.2. The topological polar surface area (TPSA) is 34.1 Å². The van der Waals surface area contributed by atoms with E-state index in [4.69, 9.17) is 0 Å². The van der Waals surface area contributed by atoms with Crippen LogP contribution in [0.2, 0.25) is 42.8 Å². The van der Waals surface area contributed by atoms with Crippen molar-refractivity contribution in [1.29, 1.82) is 0 Å². The average molecular weight is 677 g/mol. The van der Waals surface area contributed by atoms with Crippen LogP contribution in [-0.4, -0.2) is 6.16 Å². The Balaban J connectivity index is 1.04. The molecule has 5 aromatic carbocycles. The summed E-state index contributed by atoms with van der Waals surface area (Å²) in [6, 6.07) is 50.8. The second kappa shape index (κ2) is 4.01. The van der Waals surface area contributed by atoms with Crippen molar-refractivity contribution in [1.82, 2.24) is 0 Å². The Bertz CT molecular complexity index is 2670. The van der Waals surface area contributed by atoms with Crippen LogP contribution < -0.4 is 26.5 Å². The molecule has 5 atom stereocenters. The number of hydrogen-bond acceptors (Lipinski definition) is 2. The van der Waals surface area contributed by atoms with Crippen molar-refractivity contribution in [2.75, 3.05) is 6.16 Å². The zero-order chi connectivity index (χ0) is 30.1.